The lowest BCUT2D eigenvalue weighted by Gasteiger charge is -2.03. The summed E-state index contributed by atoms with van der Waals surface area (Å²) in [5.74, 6) is -0.629. The van der Waals surface area contributed by atoms with Crippen LogP contribution in [0.3, 0.4) is 0 Å². The number of benzene rings is 1. The first kappa shape index (κ1) is 13.7. The minimum absolute atomic E-state index is 0.0138. The molecule has 0 unspecified atom stereocenters. The number of nitrogens with zero attached hydrogens (tertiary/aromatic N) is 1. The SMILES string of the molecule is C=CCOC(=O)/C(C#N)=C\c1ccc(C)c(C)c1. The van der Waals surface area contributed by atoms with Crippen molar-refractivity contribution < 1.29 is 9.53 Å². The molecule has 0 N–H and O–H groups in total. The van der Waals surface area contributed by atoms with E-state index in [1.165, 1.54) is 17.7 Å². The predicted molar refractivity (Wildman–Crippen MR) is 70.7 cm³/mol. The van der Waals surface area contributed by atoms with Gasteiger partial charge in [-0.1, -0.05) is 30.9 Å². The van der Waals surface area contributed by atoms with E-state index >= 15 is 0 Å². The number of hydrogen-bond acceptors (Lipinski definition) is 3. The monoisotopic (exact) mass is 241 g/mol. The molecule has 3 nitrogen and oxygen atoms in total. The highest BCUT2D eigenvalue weighted by Crippen LogP contribution is 2.13. The molecule has 0 bridgehead atoms. The van der Waals surface area contributed by atoms with E-state index in [1.54, 1.807) is 0 Å². The van der Waals surface area contributed by atoms with E-state index in [0.717, 1.165) is 11.1 Å². The lowest BCUT2D eigenvalue weighted by atomic mass is 10.0. The van der Waals surface area contributed by atoms with Crippen LogP contribution in [0.2, 0.25) is 0 Å². The van der Waals surface area contributed by atoms with Gasteiger partial charge >= 0.3 is 5.97 Å². The molecule has 0 fully saturated rings. The van der Waals surface area contributed by atoms with Crippen molar-refractivity contribution in [3.05, 3.63) is 53.1 Å². The van der Waals surface area contributed by atoms with E-state index in [4.69, 9.17) is 10.00 Å². The standard InChI is InChI=1S/C15H15NO2/c1-4-7-18-15(17)14(10-16)9-13-6-5-11(2)12(3)8-13/h4-6,8-9H,1,7H2,2-3H3/b14-9-. The van der Waals surface area contributed by atoms with Crippen LogP contribution in [-0.4, -0.2) is 12.6 Å². The second-order valence-electron chi connectivity index (χ2n) is 3.90. The van der Waals surface area contributed by atoms with Crippen molar-refractivity contribution in [1.29, 1.82) is 5.26 Å². The van der Waals surface area contributed by atoms with Crippen molar-refractivity contribution in [1.82, 2.24) is 0 Å². The number of aryl methyl sites for hydroxylation is 2. The van der Waals surface area contributed by atoms with E-state index < -0.39 is 5.97 Å². The molecule has 0 aromatic heterocycles. The van der Waals surface area contributed by atoms with Gasteiger partial charge in [0.15, 0.2) is 0 Å². The van der Waals surface area contributed by atoms with Crippen LogP contribution >= 0.6 is 0 Å². The van der Waals surface area contributed by atoms with Gasteiger partial charge in [-0.25, -0.2) is 4.79 Å². The average Bonchev–Trinajstić information content (AvgIpc) is 2.37. The molecule has 0 amide bonds. The van der Waals surface area contributed by atoms with Crippen molar-refractivity contribution >= 4 is 12.0 Å². The summed E-state index contributed by atoms with van der Waals surface area (Å²) in [4.78, 5) is 11.5. The molecule has 0 atom stereocenters. The Kier molecular flexibility index (Phi) is 4.89. The van der Waals surface area contributed by atoms with Gasteiger partial charge in [0, 0.05) is 0 Å². The highest BCUT2D eigenvalue weighted by Gasteiger charge is 2.09. The maximum atomic E-state index is 11.5. The number of rotatable bonds is 4. The van der Waals surface area contributed by atoms with Gasteiger partial charge in [0.1, 0.15) is 18.2 Å². The number of ether oxygens (including phenoxy) is 1. The van der Waals surface area contributed by atoms with Crippen molar-refractivity contribution in [2.45, 2.75) is 13.8 Å². The first-order valence-electron chi connectivity index (χ1n) is 5.55. The third-order valence-corrected chi connectivity index (χ3v) is 2.51. The minimum atomic E-state index is -0.629. The smallest absolute Gasteiger partial charge is 0.349 e. The molecule has 0 aliphatic carbocycles. The fourth-order valence-electron chi connectivity index (χ4n) is 1.37. The summed E-state index contributed by atoms with van der Waals surface area (Å²) in [5.41, 5.74) is 3.07. The molecule has 1 rings (SSSR count). The molecule has 0 radical (unpaired) electrons. The Morgan fingerprint density at radius 3 is 2.72 bits per heavy atom. The normalized spacial score (nSPS) is 10.6. The number of nitriles is 1. The quantitative estimate of drug-likeness (QED) is 0.352. The minimum Gasteiger partial charge on any atom is -0.457 e. The van der Waals surface area contributed by atoms with E-state index in [9.17, 15) is 4.79 Å². The van der Waals surface area contributed by atoms with Crippen LogP contribution in [0.15, 0.2) is 36.4 Å². The lowest BCUT2D eigenvalue weighted by Crippen LogP contribution is -2.06. The summed E-state index contributed by atoms with van der Waals surface area (Å²) in [5, 5.41) is 8.94. The number of hydrogen-bond donors (Lipinski definition) is 0. The first-order chi connectivity index (χ1) is 8.58. The molecule has 0 aliphatic rings. The topological polar surface area (TPSA) is 50.1 Å². The largest absolute Gasteiger partial charge is 0.457 e. The summed E-state index contributed by atoms with van der Waals surface area (Å²) in [6.45, 7) is 7.53. The van der Waals surface area contributed by atoms with Crippen molar-refractivity contribution in [2.24, 2.45) is 0 Å². The van der Waals surface area contributed by atoms with Gasteiger partial charge in [-0.05, 0) is 36.6 Å². The third kappa shape index (κ3) is 3.60. The Labute approximate surface area is 107 Å². The van der Waals surface area contributed by atoms with Crippen LogP contribution in [0.5, 0.6) is 0 Å². The highest BCUT2D eigenvalue weighted by atomic mass is 16.5. The van der Waals surface area contributed by atoms with Gasteiger partial charge in [-0.3, -0.25) is 0 Å². The summed E-state index contributed by atoms with van der Waals surface area (Å²) in [7, 11) is 0. The van der Waals surface area contributed by atoms with Gasteiger partial charge in [-0.2, -0.15) is 5.26 Å². The Balaban J connectivity index is 2.97. The molecule has 18 heavy (non-hydrogen) atoms. The van der Waals surface area contributed by atoms with Gasteiger partial charge in [-0.15, -0.1) is 0 Å². The summed E-state index contributed by atoms with van der Waals surface area (Å²) in [6.07, 6.45) is 2.99. The van der Waals surface area contributed by atoms with E-state index in [0.29, 0.717) is 0 Å². The molecule has 92 valence electrons. The number of esters is 1. The average molecular weight is 241 g/mol. The zero-order valence-electron chi connectivity index (χ0n) is 10.6. The Morgan fingerprint density at radius 1 is 1.44 bits per heavy atom. The highest BCUT2D eigenvalue weighted by molar-refractivity contribution is 5.97. The zero-order valence-corrected chi connectivity index (χ0v) is 10.6. The van der Waals surface area contributed by atoms with Gasteiger partial charge in [0.2, 0.25) is 0 Å². The second kappa shape index (κ2) is 6.41. The molecule has 0 spiro atoms. The molecular weight excluding hydrogens is 226 g/mol. The number of carbonyl (C=O) groups excluding carboxylic acids is 1. The summed E-state index contributed by atoms with van der Waals surface area (Å²) < 4.78 is 4.82. The molecule has 1 aromatic carbocycles. The Hall–Kier alpha value is -2.34. The van der Waals surface area contributed by atoms with Crippen molar-refractivity contribution in [2.75, 3.05) is 6.61 Å². The fourth-order valence-corrected chi connectivity index (χ4v) is 1.37. The maximum Gasteiger partial charge on any atom is 0.349 e. The van der Waals surface area contributed by atoms with Crippen LogP contribution in [0, 0.1) is 25.2 Å². The van der Waals surface area contributed by atoms with Gasteiger partial charge in [0.05, 0.1) is 0 Å². The molecule has 0 saturated carbocycles. The lowest BCUT2D eigenvalue weighted by molar-refractivity contribution is -0.137. The molecule has 0 heterocycles. The van der Waals surface area contributed by atoms with Crippen molar-refractivity contribution in [3.63, 3.8) is 0 Å². The Morgan fingerprint density at radius 2 is 2.17 bits per heavy atom. The zero-order chi connectivity index (χ0) is 13.5. The van der Waals surface area contributed by atoms with Gasteiger partial charge in [0.25, 0.3) is 0 Å². The maximum absolute atomic E-state index is 11.5. The van der Waals surface area contributed by atoms with E-state index in [2.05, 4.69) is 6.58 Å². The first-order valence-corrected chi connectivity index (χ1v) is 5.55. The summed E-state index contributed by atoms with van der Waals surface area (Å²) in [6, 6.07) is 7.58. The van der Waals surface area contributed by atoms with Crippen LogP contribution in [-0.2, 0) is 9.53 Å². The van der Waals surface area contributed by atoms with Crippen LogP contribution in [0.1, 0.15) is 16.7 Å². The molecule has 3 heteroatoms. The second-order valence-corrected chi connectivity index (χ2v) is 3.90. The van der Waals surface area contributed by atoms with Crippen LogP contribution < -0.4 is 0 Å². The third-order valence-electron chi connectivity index (χ3n) is 2.51. The van der Waals surface area contributed by atoms with E-state index in [1.807, 2.05) is 38.1 Å². The van der Waals surface area contributed by atoms with Crippen molar-refractivity contribution in [3.8, 4) is 6.07 Å². The number of carbonyl (C=O) groups is 1. The Bertz CT molecular complexity index is 536. The van der Waals surface area contributed by atoms with Gasteiger partial charge < -0.3 is 4.74 Å². The molecule has 1 aromatic rings. The molecule has 0 aliphatic heterocycles. The van der Waals surface area contributed by atoms with Crippen LogP contribution in [0.4, 0.5) is 0 Å². The summed E-state index contributed by atoms with van der Waals surface area (Å²) >= 11 is 0. The molecule has 0 saturated heterocycles. The fraction of sp³-hybridized carbons (Fsp3) is 0.200. The predicted octanol–water partition coefficient (Wildman–Crippen LogP) is 2.94. The molecular formula is C15H15NO2. The van der Waals surface area contributed by atoms with Crippen LogP contribution in [0.25, 0.3) is 6.08 Å². The van der Waals surface area contributed by atoms with E-state index in [-0.39, 0.29) is 12.2 Å².